The van der Waals surface area contributed by atoms with Crippen molar-refractivity contribution in [3.63, 3.8) is 0 Å². The lowest BCUT2D eigenvalue weighted by Gasteiger charge is -2.27. The van der Waals surface area contributed by atoms with Crippen LogP contribution in [0.2, 0.25) is 0 Å². The van der Waals surface area contributed by atoms with Crippen molar-refractivity contribution in [2.24, 2.45) is 0 Å². The monoisotopic (exact) mass is 335 g/mol. The standard InChI is InChI=1S/C18H29N3O3/c1-21(13-15-9-5-6-12-23-15)17(22)11-10-16-19-20-18(24-16)14-7-3-2-4-8-14/h14-15H,2-13H2,1H3. The Morgan fingerprint density at radius 1 is 1.12 bits per heavy atom. The fourth-order valence-electron chi connectivity index (χ4n) is 3.65. The van der Waals surface area contributed by atoms with Gasteiger partial charge in [-0.1, -0.05) is 19.3 Å². The Morgan fingerprint density at radius 3 is 2.67 bits per heavy atom. The summed E-state index contributed by atoms with van der Waals surface area (Å²) in [6.07, 6.45) is 10.6. The summed E-state index contributed by atoms with van der Waals surface area (Å²) >= 11 is 0. The topological polar surface area (TPSA) is 68.5 Å². The Morgan fingerprint density at radius 2 is 1.92 bits per heavy atom. The van der Waals surface area contributed by atoms with Gasteiger partial charge >= 0.3 is 0 Å². The van der Waals surface area contributed by atoms with E-state index in [2.05, 4.69) is 10.2 Å². The van der Waals surface area contributed by atoms with Crippen LogP contribution in [0.4, 0.5) is 0 Å². The van der Waals surface area contributed by atoms with E-state index in [-0.39, 0.29) is 12.0 Å². The lowest BCUT2D eigenvalue weighted by Crippen LogP contribution is -2.37. The highest BCUT2D eigenvalue weighted by Crippen LogP contribution is 2.31. The highest BCUT2D eigenvalue weighted by Gasteiger charge is 2.22. The Kier molecular flexibility index (Phi) is 6.24. The van der Waals surface area contributed by atoms with E-state index in [1.54, 1.807) is 4.90 Å². The molecule has 1 aliphatic carbocycles. The number of likely N-dealkylation sites (N-methyl/N-ethyl adjacent to an activating group) is 1. The molecule has 0 bridgehead atoms. The molecule has 6 heteroatoms. The van der Waals surface area contributed by atoms with Gasteiger partial charge in [0.25, 0.3) is 0 Å². The molecule has 0 spiro atoms. The van der Waals surface area contributed by atoms with Crippen molar-refractivity contribution in [2.75, 3.05) is 20.2 Å². The van der Waals surface area contributed by atoms with Crippen LogP contribution in [-0.4, -0.2) is 47.3 Å². The van der Waals surface area contributed by atoms with Crippen molar-refractivity contribution in [2.45, 2.75) is 76.2 Å². The summed E-state index contributed by atoms with van der Waals surface area (Å²) in [6, 6.07) is 0. The summed E-state index contributed by atoms with van der Waals surface area (Å²) in [4.78, 5) is 14.1. The number of amides is 1. The SMILES string of the molecule is CN(CC1CCCCO1)C(=O)CCc1nnc(C2CCCCC2)o1. The summed E-state index contributed by atoms with van der Waals surface area (Å²) in [7, 11) is 1.85. The van der Waals surface area contributed by atoms with Gasteiger partial charge in [0.05, 0.1) is 6.10 Å². The molecule has 1 unspecified atom stereocenters. The Labute approximate surface area is 143 Å². The largest absolute Gasteiger partial charge is 0.425 e. The number of aryl methyl sites for hydroxylation is 1. The number of ether oxygens (including phenoxy) is 1. The number of rotatable bonds is 6. The fourth-order valence-corrected chi connectivity index (χ4v) is 3.65. The van der Waals surface area contributed by atoms with Crippen LogP contribution in [0.15, 0.2) is 4.42 Å². The van der Waals surface area contributed by atoms with E-state index in [4.69, 9.17) is 9.15 Å². The van der Waals surface area contributed by atoms with Crippen molar-refractivity contribution in [3.8, 4) is 0 Å². The first-order valence-electron chi connectivity index (χ1n) is 9.40. The number of hydrogen-bond donors (Lipinski definition) is 0. The fraction of sp³-hybridized carbons (Fsp3) is 0.833. The average molecular weight is 335 g/mol. The molecule has 1 saturated carbocycles. The van der Waals surface area contributed by atoms with Crippen LogP contribution in [-0.2, 0) is 16.0 Å². The first-order chi connectivity index (χ1) is 11.7. The van der Waals surface area contributed by atoms with Gasteiger partial charge in [0, 0.05) is 39.0 Å². The van der Waals surface area contributed by atoms with Gasteiger partial charge in [-0.25, -0.2) is 0 Å². The zero-order chi connectivity index (χ0) is 16.8. The van der Waals surface area contributed by atoms with Gasteiger partial charge in [0.15, 0.2) is 0 Å². The van der Waals surface area contributed by atoms with E-state index in [1.807, 2.05) is 7.05 Å². The van der Waals surface area contributed by atoms with Crippen molar-refractivity contribution in [3.05, 3.63) is 11.8 Å². The highest BCUT2D eigenvalue weighted by atomic mass is 16.5. The molecular weight excluding hydrogens is 306 g/mol. The van der Waals surface area contributed by atoms with Crippen molar-refractivity contribution in [1.82, 2.24) is 15.1 Å². The van der Waals surface area contributed by atoms with E-state index in [0.29, 0.717) is 31.2 Å². The highest BCUT2D eigenvalue weighted by molar-refractivity contribution is 5.76. The summed E-state index contributed by atoms with van der Waals surface area (Å²) < 4.78 is 11.5. The molecule has 1 amide bonds. The minimum atomic E-state index is 0.113. The lowest BCUT2D eigenvalue weighted by molar-refractivity contribution is -0.132. The normalized spacial score (nSPS) is 22.5. The minimum absolute atomic E-state index is 0.113. The molecule has 2 fully saturated rings. The lowest BCUT2D eigenvalue weighted by atomic mass is 9.89. The molecule has 2 aliphatic rings. The summed E-state index contributed by atoms with van der Waals surface area (Å²) in [5.41, 5.74) is 0. The van der Waals surface area contributed by atoms with Gasteiger partial charge in [-0.05, 0) is 32.1 Å². The Hall–Kier alpha value is -1.43. The summed E-state index contributed by atoms with van der Waals surface area (Å²) in [6.45, 7) is 1.49. The molecule has 3 rings (SSSR count). The first-order valence-corrected chi connectivity index (χ1v) is 9.40. The van der Waals surface area contributed by atoms with E-state index >= 15 is 0 Å². The van der Waals surface area contributed by atoms with Gasteiger partial charge in [-0.15, -0.1) is 10.2 Å². The molecule has 24 heavy (non-hydrogen) atoms. The van der Waals surface area contributed by atoms with Crippen LogP contribution in [0.5, 0.6) is 0 Å². The molecule has 1 aromatic rings. The maximum atomic E-state index is 12.3. The van der Waals surface area contributed by atoms with Crippen LogP contribution < -0.4 is 0 Å². The minimum Gasteiger partial charge on any atom is -0.425 e. The second-order valence-electron chi connectivity index (χ2n) is 7.13. The van der Waals surface area contributed by atoms with Crippen LogP contribution in [0.3, 0.4) is 0 Å². The molecule has 2 heterocycles. The number of nitrogens with zero attached hydrogens (tertiary/aromatic N) is 3. The smallest absolute Gasteiger partial charge is 0.222 e. The third kappa shape index (κ3) is 4.79. The summed E-state index contributed by atoms with van der Waals surface area (Å²) in [5.74, 6) is 1.88. The molecule has 6 nitrogen and oxygen atoms in total. The number of aromatic nitrogens is 2. The van der Waals surface area contributed by atoms with E-state index in [1.165, 1.54) is 25.7 Å². The molecule has 1 aromatic heterocycles. The Balaban J connectivity index is 1.42. The maximum Gasteiger partial charge on any atom is 0.222 e. The molecule has 0 aromatic carbocycles. The zero-order valence-corrected chi connectivity index (χ0v) is 14.7. The third-order valence-electron chi connectivity index (χ3n) is 5.17. The average Bonchev–Trinajstić information content (AvgIpc) is 3.10. The zero-order valence-electron chi connectivity index (χ0n) is 14.7. The van der Waals surface area contributed by atoms with Crippen LogP contribution in [0.25, 0.3) is 0 Å². The predicted octanol–water partition coefficient (Wildman–Crippen LogP) is 3.08. The van der Waals surface area contributed by atoms with Crippen molar-refractivity contribution < 1.29 is 13.9 Å². The van der Waals surface area contributed by atoms with Gasteiger partial charge in [-0.3, -0.25) is 4.79 Å². The predicted molar refractivity (Wildman–Crippen MR) is 89.7 cm³/mol. The van der Waals surface area contributed by atoms with E-state index in [9.17, 15) is 4.79 Å². The van der Waals surface area contributed by atoms with Gasteiger partial charge < -0.3 is 14.1 Å². The molecule has 0 N–H and O–H groups in total. The van der Waals surface area contributed by atoms with Gasteiger partial charge in [0.2, 0.25) is 17.7 Å². The third-order valence-corrected chi connectivity index (χ3v) is 5.17. The van der Waals surface area contributed by atoms with E-state index < -0.39 is 0 Å². The van der Waals surface area contributed by atoms with Crippen molar-refractivity contribution in [1.29, 1.82) is 0 Å². The quantitative estimate of drug-likeness (QED) is 0.799. The molecule has 0 radical (unpaired) electrons. The molecule has 1 aliphatic heterocycles. The van der Waals surface area contributed by atoms with Gasteiger partial charge in [-0.2, -0.15) is 0 Å². The van der Waals surface area contributed by atoms with E-state index in [0.717, 1.165) is 38.2 Å². The number of hydrogen-bond acceptors (Lipinski definition) is 5. The van der Waals surface area contributed by atoms with Crippen LogP contribution in [0.1, 0.15) is 75.5 Å². The second-order valence-corrected chi connectivity index (χ2v) is 7.13. The molecular formula is C18H29N3O3. The maximum absolute atomic E-state index is 12.3. The van der Waals surface area contributed by atoms with Crippen LogP contribution in [0, 0.1) is 0 Å². The van der Waals surface area contributed by atoms with Gasteiger partial charge in [0.1, 0.15) is 0 Å². The molecule has 134 valence electrons. The first kappa shape index (κ1) is 17.4. The van der Waals surface area contributed by atoms with Crippen molar-refractivity contribution >= 4 is 5.91 Å². The Bertz CT molecular complexity index is 519. The number of carbonyl (C=O) groups excluding carboxylic acids is 1. The number of carbonyl (C=O) groups is 1. The molecule has 1 saturated heterocycles. The van der Waals surface area contributed by atoms with Crippen LogP contribution >= 0.6 is 0 Å². The molecule has 1 atom stereocenters. The second kappa shape index (κ2) is 8.60. The summed E-state index contributed by atoms with van der Waals surface area (Å²) in [5, 5.41) is 8.32.